The van der Waals surface area contributed by atoms with Crippen LogP contribution in [0.5, 0.6) is 11.5 Å². The zero-order valence-electron chi connectivity index (χ0n) is 15.0. The van der Waals surface area contributed by atoms with E-state index in [0.717, 1.165) is 17.5 Å². The molecule has 2 aromatic carbocycles. The minimum Gasteiger partial charge on any atom is -0.489 e. The Kier molecular flexibility index (Phi) is 5.39. The molecule has 1 aliphatic heterocycles. The number of carbonyl (C=O) groups is 1. The minimum absolute atomic E-state index is 0.261. The zero-order chi connectivity index (χ0) is 19.3. The van der Waals surface area contributed by atoms with Gasteiger partial charge in [0, 0.05) is 30.9 Å². The molecule has 3 aromatic rings. The summed E-state index contributed by atoms with van der Waals surface area (Å²) in [6, 6.07) is 13.2. The summed E-state index contributed by atoms with van der Waals surface area (Å²) >= 11 is 6.29. The lowest BCUT2D eigenvalue weighted by Crippen LogP contribution is -2.23. The molecule has 0 bridgehead atoms. The van der Waals surface area contributed by atoms with Crippen LogP contribution in [0.15, 0.2) is 54.9 Å². The fourth-order valence-electron chi connectivity index (χ4n) is 2.85. The number of carbonyl (C=O) groups excluding carboxylic acids is 1. The number of nitrogens with one attached hydrogen (secondary N) is 1. The monoisotopic (exact) mass is 395 g/mol. The van der Waals surface area contributed by atoms with Crippen molar-refractivity contribution in [2.45, 2.75) is 13.0 Å². The first kappa shape index (κ1) is 18.3. The summed E-state index contributed by atoms with van der Waals surface area (Å²) in [5.41, 5.74) is 2.11. The number of ether oxygens (including phenoxy) is 2. The number of halogens is 1. The maximum Gasteiger partial charge on any atom is 0.254 e. The van der Waals surface area contributed by atoms with E-state index >= 15 is 0 Å². The Labute approximate surface area is 167 Å². The van der Waals surface area contributed by atoms with Gasteiger partial charge in [0.2, 0.25) is 0 Å². The molecule has 1 aliphatic rings. The topological polar surface area (TPSA) is 73.3 Å². The van der Waals surface area contributed by atoms with Gasteiger partial charge < -0.3 is 14.8 Å². The first-order valence-electron chi connectivity index (χ1n) is 8.94. The number of benzene rings is 2. The van der Waals surface area contributed by atoms with Crippen LogP contribution in [0.1, 0.15) is 22.3 Å². The van der Waals surface area contributed by atoms with Gasteiger partial charge in [-0.1, -0.05) is 41.9 Å². The van der Waals surface area contributed by atoms with Crippen LogP contribution < -0.4 is 14.8 Å². The Morgan fingerprint density at radius 2 is 1.82 bits per heavy atom. The molecule has 0 aliphatic carbocycles. The molecular formula is C21H18ClN3O3. The van der Waals surface area contributed by atoms with E-state index in [0.29, 0.717) is 47.7 Å². The molecule has 7 heteroatoms. The third-order valence-corrected chi connectivity index (χ3v) is 4.54. The van der Waals surface area contributed by atoms with Gasteiger partial charge in [-0.2, -0.15) is 0 Å². The third kappa shape index (κ3) is 4.07. The van der Waals surface area contributed by atoms with Crippen molar-refractivity contribution in [1.82, 2.24) is 15.3 Å². The Balaban J connectivity index is 1.43. The number of fused-ring (bicyclic) bond motifs is 1. The van der Waals surface area contributed by atoms with Crippen LogP contribution in [0, 0.1) is 0 Å². The van der Waals surface area contributed by atoms with Gasteiger partial charge >= 0.3 is 0 Å². The summed E-state index contributed by atoms with van der Waals surface area (Å²) < 4.78 is 11.3. The van der Waals surface area contributed by atoms with Gasteiger partial charge in [-0.25, -0.2) is 9.97 Å². The molecule has 6 nitrogen and oxygen atoms in total. The molecule has 0 fully saturated rings. The van der Waals surface area contributed by atoms with E-state index in [9.17, 15) is 4.79 Å². The average molecular weight is 396 g/mol. The van der Waals surface area contributed by atoms with Gasteiger partial charge in [-0.15, -0.1) is 0 Å². The smallest absolute Gasteiger partial charge is 0.254 e. The number of hydrogen-bond acceptors (Lipinski definition) is 5. The highest BCUT2D eigenvalue weighted by Gasteiger charge is 2.16. The minimum atomic E-state index is -0.261. The van der Waals surface area contributed by atoms with Gasteiger partial charge in [-0.3, -0.25) is 4.79 Å². The number of nitrogens with zero attached hydrogens (tertiary/aromatic N) is 2. The second-order valence-electron chi connectivity index (χ2n) is 6.30. The standard InChI is InChI=1S/C21H18ClN3O3/c22-17-9-14(10-18-19(17)28-8-4-7-27-18)11-25-21(26)16-12-23-20(24-13-16)15-5-2-1-3-6-15/h1-3,5-6,9-10,12-13H,4,7-8,11H2,(H,25,26). The van der Waals surface area contributed by atoms with E-state index in [1.54, 1.807) is 6.07 Å². The first-order valence-corrected chi connectivity index (χ1v) is 9.32. The fraction of sp³-hybridized carbons (Fsp3) is 0.190. The molecule has 1 aromatic heterocycles. The van der Waals surface area contributed by atoms with Crippen LogP contribution in [0.2, 0.25) is 5.02 Å². The SMILES string of the molecule is O=C(NCc1cc(Cl)c2c(c1)OCCCO2)c1cnc(-c2ccccc2)nc1. The Hall–Kier alpha value is -3.12. The summed E-state index contributed by atoms with van der Waals surface area (Å²) in [5.74, 6) is 1.47. The largest absolute Gasteiger partial charge is 0.489 e. The van der Waals surface area contributed by atoms with Crippen LogP contribution in [-0.2, 0) is 6.54 Å². The van der Waals surface area contributed by atoms with Crippen LogP contribution >= 0.6 is 11.6 Å². The van der Waals surface area contributed by atoms with Crippen molar-refractivity contribution in [3.8, 4) is 22.9 Å². The Morgan fingerprint density at radius 1 is 1.07 bits per heavy atom. The number of rotatable bonds is 4. The van der Waals surface area contributed by atoms with Crippen LogP contribution in [0.25, 0.3) is 11.4 Å². The van der Waals surface area contributed by atoms with Crippen LogP contribution in [0.4, 0.5) is 0 Å². The summed E-state index contributed by atoms with van der Waals surface area (Å²) in [7, 11) is 0. The van der Waals surface area contributed by atoms with Crippen molar-refractivity contribution >= 4 is 17.5 Å². The van der Waals surface area contributed by atoms with E-state index in [4.69, 9.17) is 21.1 Å². The number of hydrogen-bond donors (Lipinski definition) is 1. The highest BCUT2D eigenvalue weighted by Crippen LogP contribution is 2.37. The predicted octanol–water partition coefficient (Wildman–Crippen LogP) is 3.89. The first-order chi connectivity index (χ1) is 13.7. The summed E-state index contributed by atoms with van der Waals surface area (Å²) in [6.07, 6.45) is 3.84. The number of amides is 1. The molecule has 0 spiro atoms. The molecule has 0 saturated heterocycles. The maximum absolute atomic E-state index is 12.4. The number of aromatic nitrogens is 2. The second kappa shape index (κ2) is 8.27. The van der Waals surface area contributed by atoms with E-state index in [1.807, 2.05) is 36.4 Å². The molecule has 142 valence electrons. The molecule has 0 saturated carbocycles. The highest BCUT2D eigenvalue weighted by atomic mass is 35.5. The molecular weight excluding hydrogens is 378 g/mol. The summed E-state index contributed by atoms with van der Waals surface area (Å²) in [6.45, 7) is 1.45. The summed E-state index contributed by atoms with van der Waals surface area (Å²) in [5, 5.41) is 3.32. The second-order valence-corrected chi connectivity index (χ2v) is 6.71. The van der Waals surface area contributed by atoms with Gasteiger partial charge in [0.05, 0.1) is 23.8 Å². The molecule has 0 unspecified atom stereocenters. The molecule has 1 N–H and O–H groups in total. The van der Waals surface area contributed by atoms with Crippen LogP contribution in [-0.4, -0.2) is 29.1 Å². The van der Waals surface area contributed by atoms with Crippen molar-refractivity contribution in [3.63, 3.8) is 0 Å². The van der Waals surface area contributed by atoms with E-state index in [2.05, 4.69) is 15.3 Å². The van der Waals surface area contributed by atoms with E-state index < -0.39 is 0 Å². The lowest BCUT2D eigenvalue weighted by Gasteiger charge is -2.12. The van der Waals surface area contributed by atoms with Crippen molar-refractivity contribution in [2.75, 3.05) is 13.2 Å². The van der Waals surface area contributed by atoms with Crippen molar-refractivity contribution in [3.05, 3.63) is 71.0 Å². The zero-order valence-corrected chi connectivity index (χ0v) is 15.8. The molecule has 0 radical (unpaired) electrons. The molecule has 0 atom stereocenters. The molecule has 1 amide bonds. The fourth-order valence-corrected chi connectivity index (χ4v) is 3.14. The average Bonchev–Trinajstić information content (AvgIpc) is 2.99. The molecule has 28 heavy (non-hydrogen) atoms. The maximum atomic E-state index is 12.4. The normalized spacial score (nSPS) is 12.9. The Morgan fingerprint density at radius 3 is 2.61 bits per heavy atom. The van der Waals surface area contributed by atoms with Gasteiger partial charge in [0.15, 0.2) is 17.3 Å². The predicted molar refractivity (Wildman–Crippen MR) is 106 cm³/mol. The van der Waals surface area contributed by atoms with Crippen molar-refractivity contribution < 1.29 is 14.3 Å². The summed E-state index contributed by atoms with van der Waals surface area (Å²) in [4.78, 5) is 21.0. The van der Waals surface area contributed by atoms with Crippen molar-refractivity contribution in [1.29, 1.82) is 0 Å². The molecule has 2 heterocycles. The van der Waals surface area contributed by atoms with Gasteiger partial charge in [0.25, 0.3) is 5.91 Å². The lowest BCUT2D eigenvalue weighted by molar-refractivity contribution is 0.0950. The quantitative estimate of drug-likeness (QED) is 0.725. The van der Waals surface area contributed by atoms with Crippen molar-refractivity contribution in [2.24, 2.45) is 0 Å². The lowest BCUT2D eigenvalue weighted by atomic mass is 10.2. The Bertz CT molecular complexity index is 978. The van der Waals surface area contributed by atoms with E-state index in [1.165, 1.54) is 12.4 Å². The highest BCUT2D eigenvalue weighted by molar-refractivity contribution is 6.32. The van der Waals surface area contributed by atoms with Gasteiger partial charge in [0.1, 0.15) is 0 Å². The third-order valence-electron chi connectivity index (χ3n) is 4.26. The van der Waals surface area contributed by atoms with E-state index in [-0.39, 0.29) is 5.91 Å². The van der Waals surface area contributed by atoms with Gasteiger partial charge in [-0.05, 0) is 17.7 Å². The molecule has 4 rings (SSSR count). The van der Waals surface area contributed by atoms with Crippen LogP contribution in [0.3, 0.4) is 0 Å².